The Morgan fingerprint density at radius 3 is 2.57 bits per heavy atom. The third kappa shape index (κ3) is 8.74. The van der Waals surface area contributed by atoms with Crippen molar-refractivity contribution in [1.29, 1.82) is 0 Å². The second-order valence-corrected chi connectivity index (χ2v) is 5.55. The normalized spacial score (nSPS) is 14.2. The number of hydrogen-bond donors (Lipinski definition) is 2. The van der Waals surface area contributed by atoms with Gasteiger partial charge in [-0.25, -0.2) is 13.1 Å². The van der Waals surface area contributed by atoms with Crippen LogP contribution in [0, 0.1) is 0 Å². The SMILES string of the molecule is CC(O)CCNS(=O)(=O)CCCCCl. The first-order valence-corrected chi connectivity index (χ1v) is 6.88. The van der Waals surface area contributed by atoms with E-state index in [1.165, 1.54) is 0 Å². The third-order valence-electron chi connectivity index (χ3n) is 1.68. The zero-order chi connectivity index (χ0) is 11.0. The maximum Gasteiger partial charge on any atom is 0.211 e. The number of alkyl halides is 1. The summed E-state index contributed by atoms with van der Waals surface area (Å²) in [6.45, 7) is 1.92. The predicted octanol–water partition coefficient (Wildman–Crippen LogP) is 0.696. The molecule has 0 aromatic rings. The van der Waals surface area contributed by atoms with Gasteiger partial charge in [-0.1, -0.05) is 0 Å². The van der Waals surface area contributed by atoms with E-state index in [4.69, 9.17) is 16.7 Å². The highest BCUT2D eigenvalue weighted by molar-refractivity contribution is 7.89. The van der Waals surface area contributed by atoms with Crippen molar-refractivity contribution in [2.45, 2.75) is 32.3 Å². The average molecular weight is 244 g/mol. The molecule has 86 valence electrons. The van der Waals surface area contributed by atoms with Crippen LogP contribution in [-0.4, -0.2) is 37.8 Å². The van der Waals surface area contributed by atoms with Crippen molar-refractivity contribution in [3.63, 3.8) is 0 Å². The fourth-order valence-corrected chi connectivity index (χ4v) is 2.23. The molecule has 0 aromatic heterocycles. The van der Waals surface area contributed by atoms with Crippen LogP contribution in [0.25, 0.3) is 0 Å². The van der Waals surface area contributed by atoms with Crippen molar-refractivity contribution in [1.82, 2.24) is 4.72 Å². The lowest BCUT2D eigenvalue weighted by Crippen LogP contribution is -2.29. The number of halogens is 1. The average Bonchev–Trinajstić information content (AvgIpc) is 2.03. The van der Waals surface area contributed by atoms with Crippen molar-refractivity contribution in [3.05, 3.63) is 0 Å². The van der Waals surface area contributed by atoms with Crippen LogP contribution in [0.15, 0.2) is 0 Å². The first-order chi connectivity index (χ1) is 6.48. The molecule has 0 saturated carbocycles. The first-order valence-electron chi connectivity index (χ1n) is 4.69. The number of sulfonamides is 1. The van der Waals surface area contributed by atoms with Gasteiger partial charge in [0.2, 0.25) is 10.0 Å². The molecule has 2 N–H and O–H groups in total. The molecule has 0 aliphatic heterocycles. The summed E-state index contributed by atoms with van der Waals surface area (Å²) in [5.74, 6) is 0.600. The quantitative estimate of drug-likeness (QED) is 0.487. The smallest absolute Gasteiger partial charge is 0.211 e. The van der Waals surface area contributed by atoms with Crippen molar-refractivity contribution < 1.29 is 13.5 Å². The van der Waals surface area contributed by atoms with Crippen LogP contribution in [-0.2, 0) is 10.0 Å². The summed E-state index contributed by atoms with van der Waals surface area (Å²) in [6.07, 6.45) is 1.25. The highest BCUT2D eigenvalue weighted by atomic mass is 35.5. The minimum Gasteiger partial charge on any atom is -0.393 e. The van der Waals surface area contributed by atoms with E-state index in [-0.39, 0.29) is 5.75 Å². The molecular formula is C8H18ClNO3S. The van der Waals surface area contributed by atoms with Gasteiger partial charge < -0.3 is 5.11 Å². The first kappa shape index (κ1) is 14.2. The molecular weight excluding hydrogens is 226 g/mol. The Balaban J connectivity index is 3.62. The highest BCUT2D eigenvalue weighted by Crippen LogP contribution is 1.97. The molecule has 0 aromatic carbocycles. The zero-order valence-corrected chi connectivity index (χ0v) is 9.94. The highest BCUT2D eigenvalue weighted by Gasteiger charge is 2.08. The van der Waals surface area contributed by atoms with E-state index >= 15 is 0 Å². The number of rotatable bonds is 8. The van der Waals surface area contributed by atoms with Crippen LogP contribution >= 0.6 is 11.6 Å². The summed E-state index contributed by atoms with van der Waals surface area (Å²) in [6, 6.07) is 0. The Hall–Kier alpha value is 0.160. The fraction of sp³-hybridized carbons (Fsp3) is 1.00. The summed E-state index contributed by atoms with van der Waals surface area (Å²) >= 11 is 5.43. The lowest BCUT2D eigenvalue weighted by Gasteiger charge is -2.07. The molecule has 0 aliphatic rings. The Bertz CT molecular complexity index is 229. The van der Waals surface area contributed by atoms with Crippen molar-refractivity contribution in [3.8, 4) is 0 Å². The molecule has 14 heavy (non-hydrogen) atoms. The van der Waals surface area contributed by atoms with E-state index in [1.54, 1.807) is 6.92 Å². The molecule has 0 aliphatic carbocycles. The molecule has 0 rings (SSSR count). The molecule has 0 amide bonds. The van der Waals surface area contributed by atoms with Crippen molar-refractivity contribution in [2.75, 3.05) is 18.2 Å². The second-order valence-electron chi connectivity index (χ2n) is 3.25. The standard InChI is InChI=1S/C8H18ClNO3S/c1-8(11)4-6-10-14(12,13)7-3-2-5-9/h8,10-11H,2-7H2,1H3. The Morgan fingerprint density at radius 2 is 2.07 bits per heavy atom. The molecule has 0 saturated heterocycles. The lowest BCUT2D eigenvalue weighted by molar-refractivity contribution is 0.186. The lowest BCUT2D eigenvalue weighted by atomic mass is 10.3. The van der Waals surface area contributed by atoms with E-state index in [0.29, 0.717) is 31.7 Å². The van der Waals surface area contributed by atoms with Gasteiger partial charge in [0.15, 0.2) is 0 Å². The van der Waals surface area contributed by atoms with E-state index in [9.17, 15) is 8.42 Å². The molecule has 1 atom stereocenters. The molecule has 0 bridgehead atoms. The van der Waals surface area contributed by atoms with Gasteiger partial charge in [-0.3, -0.25) is 0 Å². The monoisotopic (exact) mass is 243 g/mol. The van der Waals surface area contributed by atoms with Gasteiger partial charge in [-0.15, -0.1) is 11.6 Å². The van der Waals surface area contributed by atoms with Crippen LogP contribution in [0.3, 0.4) is 0 Å². The Kier molecular flexibility index (Phi) is 7.54. The van der Waals surface area contributed by atoms with E-state index < -0.39 is 16.1 Å². The Labute approximate surface area is 90.7 Å². The fourth-order valence-electron chi connectivity index (χ4n) is 0.882. The van der Waals surface area contributed by atoms with Crippen LogP contribution in [0.4, 0.5) is 0 Å². The number of unbranched alkanes of at least 4 members (excludes halogenated alkanes) is 1. The van der Waals surface area contributed by atoms with Gasteiger partial charge in [0.1, 0.15) is 0 Å². The van der Waals surface area contributed by atoms with Crippen molar-refractivity contribution in [2.24, 2.45) is 0 Å². The van der Waals surface area contributed by atoms with Gasteiger partial charge in [0.25, 0.3) is 0 Å². The predicted molar refractivity (Wildman–Crippen MR) is 58.0 cm³/mol. The van der Waals surface area contributed by atoms with Crippen LogP contribution in [0.1, 0.15) is 26.2 Å². The van der Waals surface area contributed by atoms with Gasteiger partial charge in [0.05, 0.1) is 11.9 Å². The van der Waals surface area contributed by atoms with Gasteiger partial charge in [-0.05, 0) is 26.2 Å². The van der Waals surface area contributed by atoms with E-state index in [1.807, 2.05) is 0 Å². The van der Waals surface area contributed by atoms with Crippen LogP contribution in [0.5, 0.6) is 0 Å². The number of hydrogen-bond acceptors (Lipinski definition) is 3. The molecule has 1 unspecified atom stereocenters. The summed E-state index contributed by atoms with van der Waals surface area (Å²) in [4.78, 5) is 0. The molecule has 6 heteroatoms. The van der Waals surface area contributed by atoms with E-state index in [0.717, 1.165) is 0 Å². The largest absolute Gasteiger partial charge is 0.393 e. The summed E-state index contributed by atoms with van der Waals surface area (Å²) in [7, 11) is -3.17. The van der Waals surface area contributed by atoms with Crippen LogP contribution in [0.2, 0.25) is 0 Å². The number of aliphatic hydroxyl groups is 1. The topological polar surface area (TPSA) is 66.4 Å². The van der Waals surface area contributed by atoms with Gasteiger partial charge in [0, 0.05) is 12.4 Å². The minimum atomic E-state index is -3.17. The number of aliphatic hydroxyl groups excluding tert-OH is 1. The summed E-state index contributed by atoms with van der Waals surface area (Å²) in [5, 5.41) is 8.91. The number of nitrogens with one attached hydrogen (secondary N) is 1. The van der Waals surface area contributed by atoms with Crippen LogP contribution < -0.4 is 4.72 Å². The van der Waals surface area contributed by atoms with E-state index in [2.05, 4.69) is 4.72 Å². The van der Waals surface area contributed by atoms with Gasteiger partial charge in [-0.2, -0.15) is 0 Å². The molecule has 0 spiro atoms. The maximum absolute atomic E-state index is 11.3. The van der Waals surface area contributed by atoms with Gasteiger partial charge >= 0.3 is 0 Å². The summed E-state index contributed by atoms with van der Waals surface area (Å²) in [5.41, 5.74) is 0. The second kappa shape index (κ2) is 7.45. The Morgan fingerprint density at radius 1 is 1.43 bits per heavy atom. The molecule has 0 radical (unpaired) electrons. The maximum atomic E-state index is 11.3. The summed E-state index contributed by atoms with van der Waals surface area (Å²) < 4.78 is 24.9. The molecule has 0 heterocycles. The minimum absolute atomic E-state index is 0.111. The van der Waals surface area contributed by atoms with Crippen molar-refractivity contribution >= 4 is 21.6 Å². The molecule has 4 nitrogen and oxygen atoms in total. The zero-order valence-electron chi connectivity index (χ0n) is 8.37. The third-order valence-corrected chi connectivity index (χ3v) is 3.42. The molecule has 0 fully saturated rings.